The summed E-state index contributed by atoms with van der Waals surface area (Å²) in [6.07, 6.45) is -3.06. The van der Waals surface area contributed by atoms with Gasteiger partial charge in [0.05, 0.1) is 15.2 Å². The van der Waals surface area contributed by atoms with Crippen molar-refractivity contribution in [3.05, 3.63) is 47.0 Å². The summed E-state index contributed by atoms with van der Waals surface area (Å²) < 4.78 is 35.9. The Bertz CT molecular complexity index is 879. The van der Waals surface area contributed by atoms with Gasteiger partial charge in [0.1, 0.15) is 0 Å². The van der Waals surface area contributed by atoms with E-state index in [0.717, 1.165) is 20.8 Å². The van der Waals surface area contributed by atoms with E-state index in [9.17, 15) is 8.78 Å². The fourth-order valence-corrected chi connectivity index (χ4v) is 3.39. The maximum absolute atomic E-state index is 13.0. The van der Waals surface area contributed by atoms with E-state index in [4.69, 9.17) is 5.73 Å². The maximum atomic E-state index is 13.0. The lowest BCUT2D eigenvalue weighted by molar-refractivity contribution is -0.286. The summed E-state index contributed by atoms with van der Waals surface area (Å²) in [4.78, 5) is 4.51. The van der Waals surface area contributed by atoms with Gasteiger partial charge < -0.3 is 15.2 Å². The number of ether oxygens (including phenoxy) is 2. The highest BCUT2D eigenvalue weighted by molar-refractivity contribution is 7.18. The van der Waals surface area contributed by atoms with Crippen molar-refractivity contribution in [2.75, 3.05) is 5.73 Å². The van der Waals surface area contributed by atoms with Crippen molar-refractivity contribution >= 4 is 27.2 Å². The van der Waals surface area contributed by atoms with Crippen LogP contribution in [0.4, 0.5) is 14.5 Å². The van der Waals surface area contributed by atoms with E-state index in [1.165, 1.54) is 17.4 Å². The van der Waals surface area contributed by atoms with Gasteiger partial charge in [-0.25, -0.2) is 4.98 Å². The van der Waals surface area contributed by atoms with Gasteiger partial charge in [-0.05, 0) is 35.9 Å². The van der Waals surface area contributed by atoms with E-state index in [2.05, 4.69) is 14.5 Å². The van der Waals surface area contributed by atoms with Crippen LogP contribution in [0.15, 0.2) is 36.4 Å². The number of benzene rings is 2. The molecule has 0 unspecified atom stereocenters. The van der Waals surface area contributed by atoms with Crippen LogP contribution in [0.25, 0.3) is 10.2 Å². The molecule has 4 nitrogen and oxygen atoms in total. The van der Waals surface area contributed by atoms with E-state index in [-0.39, 0.29) is 11.5 Å². The number of fused-ring (bicyclic) bond motifs is 2. The normalized spacial score (nSPS) is 15.4. The van der Waals surface area contributed by atoms with Crippen molar-refractivity contribution in [1.82, 2.24) is 4.98 Å². The van der Waals surface area contributed by atoms with E-state index in [0.29, 0.717) is 12.1 Å². The molecule has 0 saturated heterocycles. The van der Waals surface area contributed by atoms with Gasteiger partial charge >= 0.3 is 6.29 Å². The number of halogens is 2. The third kappa shape index (κ3) is 2.33. The molecule has 0 fully saturated rings. The van der Waals surface area contributed by atoms with Crippen molar-refractivity contribution < 1.29 is 18.3 Å². The molecule has 112 valence electrons. The number of nitrogens with two attached hydrogens (primary N) is 1. The number of nitrogen functional groups attached to an aromatic ring is 1. The Kier molecular flexibility index (Phi) is 2.74. The molecule has 7 heteroatoms. The van der Waals surface area contributed by atoms with Crippen molar-refractivity contribution in [2.45, 2.75) is 12.7 Å². The molecular formula is C15H10F2N2O2S. The Labute approximate surface area is 128 Å². The molecule has 0 spiro atoms. The highest BCUT2D eigenvalue weighted by atomic mass is 32.1. The summed E-state index contributed by atoms with van der Waals surface area (Å²) in [7, 11) is 0. The van der Waals surface area contributed by atoms with Gasteiger partial charge in [-0.3, -0.25) is 0 Å². The SMILES string of the molecule is Nc1ccc2nc(Cc3ccc4c(c3)OC(F)(F)O4)sc2c1. The number of anilines is 1. The highest BCUT2D eigenvalue weighted by Gasteiger charge is 2.43. The van der Waals surface area contributed by atoms with E-state index >= 15 is 0 Å². The zero-order valence-electron chi connectivity index (χ0n) is 11.2. The van der Waals surface area contributed by atoms with Gasteiger partial charge in [0.15, 0.2) is 11.5 Å². The van der Waals surface area contributed by atoms with Crippen LogP contribution in [0, 0.1) is 0 Å². The van der Waals surface area contributed by atoms with Gasteiger partial charge in [-0.1, -0.05) is 6.07 Å². The average Bonchev–Trinajstić information content (AvgIpc) is 2.96. The predicted molar refractivity (Wildman–Crippen MR) is 79.5 cm³/mol. The van der Waals surface area contributed by atoms with Crippen molar-refractivity contribution in [2.24, 2.45) is 0 Å². The average molecular weight is 320 g/mol. The molecule has 0 saturated carbocycles. The number of hydrogen-bond donors (Lipinski definition) is 1. The quantitative estimate of drug-likeness (QED) is 0.730. The Hall–Kier alpha value is -2.41. The summed E-state index contributed by atoms with van der Waals surface area (Å²) in [5.74, 6) is 0.0960. The van der Waals surface area contributed by atoms with E-state index < -0.39 is 6.29 Å². The molecule has 0 radical (unpaired) electrons. The lowest BCUT2D eigenvalue weighted by Crippen LogP contribution is -2.25. The Morgan fingerprint density at radius 2 is 1.91 bits per heavy atom. The molecule has 1 aliphatic rings. The lowest BCUT2D eigenvalue weighted by Gasteiger charge is -2.04. The van der Waals surface area contributed by atoms with Crippen LogP contribution in [0.2, 0.25) is 0 Å². The number of alkyl halides is 2. The van der Waals surface area contributed by atoms with Gasteiger partial charge in [-0.15, -0.1) is 20.1 Å². The highest BCUT2D eigenvalue weighted by Crippen LogP contribution is 2.41. The molecule has 0 aliphatic carbocycles. The molecule has 3 aromatic rings. The minimum Gasteiger partial charge on any atom is -0.399 e. The number of thiazole rings is 1. The van der Waals surface area contributed by atoms with Crippen molar-refractivity contribution in [1.29, 1.82) is 0 Å². The largest absolute Gasteiger partial charge is 0.586 e. The minimum absolute atomic E-state index is 0.0471. The fourth-order valence-electron chi connectivity index (χ4n) is 2.34. The summed E-state index contributed by atoms with van der Waals surface area (Å²) in [6.45, 7) is 0. The number of rotatable bonds is 2. The van der Waals surface area contributed by atoms with Gasteiger partial charge in [0.2, 0.25) is 0 Å². The summed E-state index contributed by atoms with van der Waals surface area (Å²) >= 11 is 1.53. The first-order chi connectivity index (χ1) is 10.5. The second-order valence-corrected chi connectivity index (χ2v) is 6.08. The monoisotopic (exact) mass is 320 g/mol. The molecule has 1 aliphatic heterocycles. The predicted octanol–water partition coefficient (Wildman–Crippen LogP) is 3.79. The lowest BCUT2D eigenvalue weighted by atomic mass is 10.1. The van der Waals surface area contributed by atoms with Crippen molar-refractivity contribution in [3.63, 3.8) is 0 Å². The zero-order chi connectivity index (χ0) is 15.3. The Balaban J connectivity index is 1.63. The minimum atomic E-state index is -3.59. The van der Waals surface area contributed by atoms with Crippen LogP contribution < -0.4 is 15.2 Å². The van der Waals surface area contributed by atoms with Crippen LogP contribution in [-0.4, -0.2) is 11.3 Å². The number of hydrogen-bond acceptors (Lipinski definition) is 5. The molecule has 0 bridgehead atoms. The second kappa shape index (κ2) is 4.54. The topological polar surface area (TPSA) is 57.4 Å². The van der Waals surface area contributed by atoms with Crippen molar-refractivity contribution in [3.8, 4) is 11.5 Å². The van der Waals surface area contributed by atoms with Crippen LogP contribution in [-0.2, 0) is 6.42 Å². The Morgan fingerprint density at radius 3 is 2.77 bits per heavy atom. The molecular weight excluding hydrogens is 310 g/mol. The Morgan fingerprint density at radius 1 is 1.09 bits per heavy atom. The summed E-state index contributed by atoms with van der Waals surface area (Å²) in [5.41, 5.74) is 8.14. The molecule has 22 heavy (non-hydrogen) atoms. The van der Waals surface area contributed by atoms with Crippen LogP contribution >= 0.6 is 11.3 Å². The van der Waals surface area contributed by atoms with Crippen LogP contribution in [0.5, 0.6) is 11.5 Å². The molecule has 1 aromatic heterocycles. The number of nitrogens with zero attached hydrogens (tertiary/aromatic N) is 1. The summed E-state index contributed by atoms with van der Waals surface area (Å²) in [6, 6.07) is 10.3. The smallest absolute Gasteiger partial charge is 0.399 e. The standard InChI is InChI=1S/C15H10F2N2O2S/c16-15(17)20-11-4-1-8(5-12(11)21-15)6-14-19-10-3-2-9(18)7-13(10)22-14/h1-5,7H,6,18H2. The van der Waals surface area contributed by atoms with E-state index in [1.54, 1.807) is 18.2 Å². The third-order valence-corrected chi connectivity index (χ3v) is 4.30. The van der Waals surface area contributed by atoms with Gasteiger partial charge in [-0.2, -0.15) is 0 Å². The van der Waals surface area contributed by atoms with Crippen LogP contribution in [0.1, 0.15) is 10.6 Å². The zero-order valence-corrected chi connectivity index (χ0v) is 12.0. The third-order valence-electron chi connectivity index (χ3n) is 3.28. The summed E-state index contributed by atoms with van der Waals surface area (Å²) in [5, 5.41) is 0.881. The first kappa shape index (κ1) is 13.3. The first-order valence-corrected chi connectivity index (χ1v) is 7.34. The fraction of sp³-hybridized carbons (Fsp3) is 0.133. The molecule has 2 N–H and O–H groups in total. The van der Waals surface area contributed by atoms with Gasteiger partial charge in [0, 0.05) is 12.1 Å². The molecule has 4 rings (SSSR count). The molecule has 0 atom stereocenters. The number of aromatic nitrogens is 1. The molecule has 2 aromatic carbocycles. The van der Waals surface area contributed by atoms with E-state index in [1.807, 2.05) is 12.1 Å². The second-order valence-electron chi connectivity index (χ2n) is 4.96. The van der Waals surface area contributed by atoms with Crippen LogP contribution in [0.3, 0.4) is 0 Å². The molecule has 0 amide bonds. The van der Waals surface area contributed by atoms with Gasteiger partial charge in [0.25, 0.3) is 0 Å². The maximum Gasteiger partial charge on any atom is 0.586 e. The molecule has 2 heterocycles. The first-order valence-electron chi connectivity index (χ1n) is 6.52.